The molecule has 0 unspecified atom stereocenters. The number of carbonyl (C=O) groups is 1. The summed E-state index contributed by atoms with van der Waals surface area (Å²) in [6.45, 7) is 3.56. The van der Waals surface area contributed by atoms with Crippen molar-refractivity contribution in [1.29, 1.82) is 0 Å². The maximum atomic E-state index is 16.8. The fourth-order valence-corrected chi connectivity index (χ4v) is 7.88. The second-order valence-electron chi connectivity index (χ2n) is 10.1. The Bertz CT molecular complexity index is 597. The van der Waals surface area contributed by atoms with Gasteiger partial charge in [-0.15, -0.1) is 0 Å². The largest absolute Gasteiger partial charge is 0.393 e. The van der Waals surface area contributed by atoms with Gasteiger partial charge in [0.25, 0.3) is 0 Å². The molecule has 0 heterocycles. The summed E-state index contributed by atoms with van der Waals surface area (Å²) in [5.74, 6) is -0.460. The molecular weight excluding hydrogens is 335 g/mol. The second-order valence-corrected chi connectivity index (χ2v) is 10.1. The van der Waals surface area contributed by atoms with Gasteiger partial charge in [0.1, 0.15) is 12.3 Å². The van der Waals surface area contributed by atoms with E-state index in [1.165, 1.54) is 0 Å². The van der Waals surface area contributed by atoms with E-state index in [1.54, 1.807) is 0 Å². The van der Waals surface area contributed by atoms with Crippen LogP contribution >= 0.6 is 0 Å². The molecule has 4 rings (SSSR count). The van der Waals surface area contributed by atoms with Gasteiger partial charge in [-0.3, -0.25) is 4.79 Å². The molecule has 0 radical (unpaired) electrons. The van der Waals surface area contributed by atoms with Gasteiger partial charge in [-0.2, -0.15) is 0 Å². The van der Waals surface area contributed by atoms with Crippen LogP contribution in [0.15, 0.2) is 0 Å². The maximum absolute atomic E-state index is 16.8. The summed E-state index contributed by atoms with van der Waals surface area (Å²) in [5.41, 5.74) is -2.66. The molecule has 9 atom stereocenters. The number of halogens is 1. The minimum Gasteiger partial charge on any atom is -0.393 e. The quantitative estimate of drug-likeness (QED) is 0.700. The molecule has 4 aliphatic carbocycles. The summed E-state index contributed by atoms with van der Waals surface area (Å²) in [5, 5.41) is 30.5. The minimum atomic E-state index is -1.64. The summed E-state index contributed by atoms with van der Waals surface area (Å²) < 4.78 is 16.8. The number of ketones is 1. The zero-order valence-electron chi connectivity index (χ0n) is 16.0. The van der Waals surface area contributed by atoms with Crippen LogP contribution in [-0.4, -0.2) is 45.6 Å². The second kappa shape index (κ2) is 5.99. The van der Waals surface area contributed by atoms with Crippen molar-refractivity contribution < 1.29 is 24.5 Å². The molecule has 0 aromatic carbocycles. The molecule has 3 N–H and O–H groups in total. The summed E-state index contributed by atoms with van der Waals surface area (Å²) in [7, 11) is 0. The lowest BCUT2D eigenvalue weighted by molar-refractivity contribution is -0.249. The van der Waals surface area contributed by atoms with Crippen molar-refractivity contribution in [3.05, 3.63) is 0 Å². The third-order valence-electron chi connectivity index (χ3n) is 9.25. The topological polar surface area (TPSA) is 77.8 Å². The van der Waals surface area contributed by atoms with Crippen molar-refractivity contribution in [2.24, 2.45) is 34.5 Å². The third kappa shape index (κ3) is 2.20. The Kier molecular flexibility index (Phi) is 4.33. The van der Waals surface area contributed by atoms with E-state index in [9.17, 15) is 20.1 Å². The Labute approximate surface area is 155 Å². The smallest absolute Gasteiger partial charge is 0.161 e. The average molecular weight is 368 g/mol. The lowest BCUT2D eigenvalue weighted by Crippen LogP contribution is -2.69. The van der Waals surface area contributed by atoms with Crippen LogP contribution < -0.4 is 0 Å². The summed E-state index contributed by atoms with van der Waals surface area (Å²) in [4.78, 5) is 12.3. The molecule has 0 saturated heterocycles. The summed E-state index contributed by atoms with van der Waals surface area (Å²) >= 11 is 0. The van der Waals surface area contributed by atoms with Crippen LogP contribution in [0.25, 0.3) is 0 Å². The molecular formula is C21H33FO4. The summed E-state index contributed by atoms with van der Waals surface area (Å²) in [6, 6.07) is 0. The zero-order chi connectivity index (χ0) is 18.9. The van der Waals surface area contributed by atoms with Gasteiger partial charge in [0, 0.05) is 11.3 Å². The Balaban J connectivity index is 1.72. The average Bonchev–Trinajstić information content (AvgIpc) is 2.93. The van der Waals surface area contributed by atoms with Gasteiger partial charge in [0.05, 0.1) is 12.2 Å². The number of hydrogen-bond donors (Lipinski definition) is 3. The standard InChI is InChI=1S/C21H33FO4/c1-19-10-18(26)21(22)15(14(19)5-6-16(19)17(25)11-23)4-3-12-9-13(24)7-8-20(12,21)2/h12-16,18,23-24,26H,3-11H2,1-2H3/t12-,13+,14+,15+,16-,18-,19+,20+,21+/m1/s1. The zero-order valence-corrected chi connectivity index (χ0v) is 16.0. The third-order valence-corrected chi connectivity index (χ3v) is 9.25. The van der Waals surface area contributed by atoms with Crippen molar-refractivity contribution in [3.63, 3.8) is 0 Å². The molecule has 4 aliphatic rings. The molecule has 148 valence electrons. The molecule has 26 heavy (non-hydrogen) atoms. The molecule has 5 heteroatoms. The molecule has 0 spiro atoms. The summed E-state index contributed by atoms with van der Waals surface area (Å²) in [6.07, 6.45) is 3.83. The van der Waals surface area contributed by atoms with E-state index < -0.39 is 29.2 Å². The number of fused-ring (bicyclic) bond motifs is 5. The van der Waals surface area contributed by atoms with Gasteiger partial charge in [0.2, 0.25) is 0 Å². The lowest BCUT2D eigenvalue weighted by Gasteiger charge is -2.65. The van der Waals surface area contributed by atoms with Gasteiger partial charge >= 0.3 is 0 Å². The van der Waals surface area contributed by atoms with Crippen LogP contribution in [0, 0.1) is 34.5 Å². The normalized spacial score (nSPS) is 56.4. The van der Waals surface area contributed by atoms with E-state index in [2.05, 4.69) is 0 Å². The molecule has 0 aromatic rings. The molecule has 0 amide bonds. The van der Waals surface area contributed by atoms with Crippen LogP contribution in [-0.2, 0) is 4.79 Å². The first-order valence-corrected chi connectivity index (χ1v) is 10.4. The van der Waals surface area contributed by atoms with Gasteiger partial charge in [-0.1, -0.05) is 13.8 Å². The Morgan fingerprint density at radius 1 is 1.08 bits per heavy atom. The first-order valence-electron chi connectivity index (χ1n) is 10.4. The van der Waals surface area contributed by atoms with Gasteiger partial charge < -0.3 is 15.3 Å². The first kappa shape index (κ1) is 18.8. The van der Waals surface area contributed by atoms with Crippen LogP contribution in [0.1, 0.15) is 65.2 Å². The Hall–Kier alpha value is -0.520. The van der Waals surface area contributed by atoms with Crippen molar-refractivity contribution in [1.82, 2.24) is 0 Å². The van der Waals surface area contributed by atoms with Gasteiger partial charge in [-0.05, 0) is 74.5 Å². The van der Waals surface area contributed by atoms with E-state index in [0.717, 1.165) is 19.3 Å². The minimum absolute atomic E-state index is 0.0843. The van der Waals surface area contributed by atoms with E-state index in [0.29, 0.717) is 32.1 Å². The van der Waals surface area contributed by atoms with Crippen molar-refractivity contribution in [3.8, 4) is 0 Å². The fourth-order valence-electron chi connectivity index (χ4n) is 7.88. The lowest BCUT2D eigenvalue weighted by atomic mass is 9.42. The van der Waals surface area contributed by atoms with Crippen molar-refractivity contribution in [2.75, 3.05) is 6.61 Å². The molecule has 0 aromatic heterocycles. The number of alkyl halides is 1. The molecule has 4 saturated carbocycles. The Morgan fingerprint density at radius 2 is 1.77 bits per heavy atom. The van der Waals surface area contributed by atoms with Gasteiger partial charge in [-0.25, -0.2) is 4.39 Å². The maximum Gasteiger partial charge on any atom is 0.161 e. The number of hydrogen-bond acceptors (Lipinski definition) is 4. The highest BCUT2D eigenvalue weighted by Crippen LogP contribution is 2.70. The van der Waals surface area contributed by atoms with Gasteiger partial charge in [0.15, 0.2) is 5.78 Å². The fraction of sp³-hybridized carbons (Fsp3) is 0.952. The number of aliphatic hydroxyl groups is 3. The van der Waals surface area contributed by atoms with Crippen molar-refractivity contribution in [2.45, 2.75) is 83.1 Å². The monoisotopic (exact) mass is 368 g/mol. The first-order chi connectivity index (χ1) is 12.2. The predicted octanol–water partition coefficient (Wildman–Crippen LogP) is 2.63. The van der Waals surface area contributed by atoms with E-state index in [-0.39, 0.29) is 35.6 Å². The number of rotatable bonds is 2. The van der Waals surface area contributed by atoms with Crippen LogP contribution in [0.2, 0.25) is 0 Å². The highest BCUT2D eigenvalue weighted by atomic mass is 19.1. The Morgan fingerprint density at radius 3 is 2.46 bits per heavy atom. The molecule has 0 aliphatic heterocycles. The highest BCUT2D eigenvalue weighted by molar-refractivity contribution is 5.83. The van der Waals surface area contributed by atoms with E-state index in [1.807, 2.05) is 13.8 Å². The SMILES string of the molecule is C[C@]12C[C@@H](O)[C@@]3(F)[C@@H](CC[C@@H]4C[C@@H](O)CC[C@@]43C)[C@@H]1CC[C@@H]2C(=O)CO. The van der Waals surface area contributed by atoms with Crippen LogP contribution in [0.5, 0.6) is 0 Å². The number of aliphatic hydroxyl groups excluding tert-OH is 3. The predicted molar refractivity (Wildman–Crippen MR) is 95.1 cm³/mol. The number of Topliss-reactive ketones (excluding diaryl/α,β-unsaturated/α-hetero) is 1. The van der Waals surface area contributed by atoms with Crippen LogP contribution in [0.3, 0.4) is 0 Å². The van der Waals surface area contributed by atoms with E-state index in [4.69, 9.17) is 0 Å². The molecule has 4 nitrogen and oxygen atoms in total. The van der Waals surface area contributed by atoms with Crippen molar-refractivity contribution >= 4 is 5.78 Å². The molecule has 4 fully saturated rings. The number of carbonyl (C=O) groups excluding carboxylic acids is 1. The molecule has 0 bridgehead atoms. The van der Waals surface area contributed by atoms with E-state index >= 15 is 4.39 Å². The highest BCUT2D eigenvalue weighted by Gasteiger charge is 2.71. The van der Waals surface area contributed by atoms with Crippen LogP contribution in [0.4, 0.5) is 4.39 Å².